The van der Waals surface area contributed by atoms with Crippen LogP contribution in [0.15, 0.2) is 101 Å². The molecule has 258 valence electrons. The molecule has 4 aromatic heterocycles. The molecule has 51 heavy (non-hydrogen) atoms. The molecule has 1 fully saturated rings. The third-order valence-electron chi connectivity index (χ3n) is 10.1. The highest BCUT2D eigenvalue weighted by Gasteiger charge is 2.32. The van der Waals surface area contributed by atoms with E-state index in [-0.39, 0.29) is 28.0 Å². The summed E-state index contributed by atoms with van der Waals surface area (Å²) in [5.41, 5.74) is 7.49. The van der Waals surface area contributed by atoms with Gasteiger partial charge in [-0.25, -0.2) is 0 Å². The molecule has 1 saturated carbocycles. The maximum atomic E-state index is 14.9. The van der Waals surface area contributed by atoms with Gasteiger partial charge < -0.3 is 4.57 Å². The van der Waals surface area contributed by atoms with E-state index in [2.05, 4.69) is 88.1 Å². The second-order valence-electron chi connectivity index (χ2n) is 16.2. The first-order chi connectivity index (χ1) is 24.2. The molecular formula is C43H44N6O2. The number of hydrogen-bond donors (Lipinski definition) is 0. The molecule has 0 N–H and O–H groups in total. The topological polar surface area (TPSA) is 79.6 Å². The molecule has 0 spiro atoms. The third kappa shape index (κ3) is 5.54. The average molecular weight is 677 g/mol. The first kappa shape index (κ1) is 32.7. The second-order valence-corrected chi connectivity index (χ2v) is 16.2. The van der Waals surface area contributed by atoms with Crippen molar-refractivity contribution in [2.75, 3.05) is 0 Å². The second kappa shape index (κ2) is 11.5. The van der Waals surface area contributed by atoms with E-state index < -0.39 is 0 Å². The van der Waals surface area contributed by atoms with Crippen LogP contribution in [0.1, 0.15) is 71.8 Å². The Bertz CT molecular complexity index is 2630. The fourth-order valence-electron chi connectivity index (χ4n) is 7.56. The summed E-state index contributed by atoms with van der Waals surface area (Å²) in [5.74, 6) is 0. The van der Waals surface area contributed by atoms with Crippen molar-refractivity contribution in [3.05, 3.63) is 124 Å². The third-order valence-corrected chi connectivity index (χ3v) is 10.1. The molecule has 0 saturated heterocycles. The van der Waals surface area contributed by atoms with Crippen molar-refractivity contribution in [3.63, 3.8) is 0 Å². The van der Waals surface area contributed by atoms with Crippen LogP contribution in [-0.2, 0) is 24.9 Å². The zero-order valence-corrected chi connectivity index (χ0v) is 30.7. The number of nitrogens with zero attached hydrogens (tertiary/aromatic N) is 6. The minimum absolute atomic E-state index is 0.0421. The van der Waals surface area contributed by atoms with E-state index in [1.54, 1.807) is 15.6 Å². The lowest BCUT2D eigenvalue weighted by molar-refractivity contribution is 0.508. The first-order valence-electron chi connectivity index (χ1n) is 17.7. The van der Waals surface area contributed by atoms with Crippen molar-refractivity contribution in [2.24, 2.45) is 14.1 Å². The highest BCUT2D eigenvalue weighted by Crippen LogP contribution is 2.42. The van der Waals surface area contributed by atoms with Crippen molar-refractivity contribution in [3.8, 4) is 39.1 Å². The summed E-state index contributed by atoms with van der Waals surface area (Å²) in [6, 6.07) is 22.9. The molecule has 8 nitrogen and oxygen atoms in total. The van der Waals surface area contributed by atoms with Gasteiger partial charge in [0.1, 0.15) is 0 Å². The normalized spacial score (nSPS) is 13.8. The Labute approximate surface area is 297 Å². The largest absolute Gasteiger partial charge is 0.308 e. The standard InChI is InChI=1S/C43H44N6O2/c1-42(2,3)35-21-28-15-18-34(37(30-23-45-47(8)25-30)39(28)41(51)48(35)31-16-17-31)26-11-9-13-32(19-26)49-36(43(4,5)6)20-27-12-10-14-33(38(27)40(49)50)29-22-44-46(7)24-29/h9-15,18-25,31H,16-17H2,1-8H3. The van der Waals surface area contributed by atoms with Gasteiger partial charge in [-0.15, -0.1) is 0 Å². The Hall–Kier alpha value is -5.50. The molecule has 4 heterocycles. The molecule has 7 aromatic rings. The van der Waals surface area contributed by atoms with Crippen molar-refractivity contribution in [2.45, 2.75) is 71.3 Å². The molecular weight excluding hydrogens is 633 g/mol. The van der Waals surface area contributed by atoms with Gasteiger partial charge in [0, 0.05) is 77.1 Å². The predicted molar refractivity (Wildman–Crippen MR) is 207 cm³/mol. The number of rotatable bonds is 5. The van der Waals surface area contributed by atoms with Crippen LogP contribution >= 0.6 is 0 Å². The van der Waals surface area contributed by atoms with Gasteiger partial charge >= 0.3 is 0 Å². The van der Waals surface area contributed by atoms with E-state index in [0.29, 0.717) is 10.8 Å². The number of aromatic nitrogens is 6. The fraction of sp³-hybridized carbons (Fsp3) is 0.302. The van der Waals surface area contributed by atoms with Crippen LogP contribution in [0, 0.1) is 0 Å². The van der Waals surface area contributed by atoms with Gasteiger partial charge in [0.25, 0.3) is 11.1 Å². The van der Waals surface area contributed by atoms with Crippen LogP contribution in [0.25, 0.3) is 60.6 Å². The number of hydrogen-bond acceptors (Lipinski definition) is 4. The zero-order chi connectivity index (χ0) is 36.0. The Balaban J connectivity index is 1.41. The van der Waals surface area contributed by atoms with Crippen LogP contribution < -0.4 is 11.1 Å². The maximum absolute atomic E-state index is 14.9. The van der Waals surface area contributed by atoms with Crippen LogP contribution in [0.4, 0.5) is 0 Å². The molecule has 0 amide bonds. The van der Waals surface area contributed by atoms with Crippen molar-refractivity contribution in [1.29, 1.82) is 0 Å². The van der Waals surface area contributed by atoms with Gasteiger partial charge in [-0.3, -0.25) is 23.5 Å². The van der Waals surface area contributed by atoms with Crippen molar-refractivity contribution < 1.29 is 0 Å². The summed E-state index contributed by atoms with van der Waals surface area (Å²) in [5, 5.41) is 12.1. The number of fused-ring (bicyclic) bond motifs is 2. The van der Waals surface area contributed by atoms with Gasteiger partial charge in [0.15, 0.2) is 0 Å². The quantitative estimate of drug-likeness (QED) is 0.183. The van der Waals surface area contributed by atoms with Gasteiger partial charge in [0.05, 0.1) is 23.2 Å². The molecule has 1 aliphatic carbocycles. The van der Waals surface area contributed by atoms with Crippen LogP contribution in [-0.4, -0.2) is 28.7 Å². The minimum atomic E-state index is -0.337. The number of pyridine rings is 2. The van der Waals surface area contributed by atoms with E-state index in [0.717, 1.165) is 74.1 Å². The smallest absolute Gasteiger partial charge is 0.263 e. The summed E-state index contributed by atoms with van der Waals surface area (Å²) in [7, 11) is 3.78. The van der Waals surface area contributed by atoms with Crippen molar-refractivity contribution in [1.82, 2.24) is 28.7 Å². The van der Waals surface area contributed by atoms with E-state index >= 15 is 0 Å². The summed E-state index contributed by atoms with van der Waals surface area (Å²) in [4.78, 5) is 29.6. The average Bonchev–Trinajstić information content (AvgIpc) is 3.68. The molecule has 8 heteroatoms. The Morgan fingerprint density at radius 2 is 1.25 bits per heavy atom. The monoisotopic (exact) mass is 676 g/mol. The first-order valence-corrected chi connectivity index (χ1v) is 17.7. The molecule has 1 aliphatic rings. The van der Waals surface area contributed by atoms with Crippen molar-refractivity contribution >= 4 is 21.5 Å². The SMILES string of the molecule is Cn1cc(-c2cccc3cc(C(C)(C)C)n(-c4cccc(-c5ccc6cc(C(C)(C)C)n(C7CC7)c(=O)c6c5-c5cnn(C)c5)c4)c(=O)c23)cn1. The molecule has 0 atom stereocenters. The van der Waals surface area contributed by atoms with Crippen LogP contribution in [0.5, 0.6) is 0 Å². The van der Waals surface area contributed by atoms with E-state index in [4.69, 9.17) is 0 Å². The fourth-order valence-corrected chi connectivity index (χ4v) is 7.56. The lowest BCUT2D eigenvalue weighted by Gasteiger charge is -2.26. The summed E-state index contributed by atoms with van der Waals surface area (Å²) in [6.07, 6.45) is 9.59. The molecule has 0 aliphatic heterocycles. The number of benzene rings is 3. The highest BCUT2D eigenvalue weighted by molar-refractivity contribution is 6.04. The molecule has 8 rings (SSSR count). The van der Waals surface area contributed by atoms with Crippen LogP contribution in [0.2, 0.25) is 0 Å². The lowest BCUT2D eigenvalue weighted by Crippen LogP contribution is -2.29. The summed E-state index contributed by atoms with van der Waals surface area (Å²) in [6.45, 7) is 12.9. The van der Waals surface area contributed by atoms with E-state index in [1.807, 2.05) is 72.2 Å². The maximum Gasteiger partial charge on any atom is 0.263 e. The predicted octanol–water partition coefficient (Wildman–Crippen LogP) is 8.70. The van der Waals surface area contributed by atoms with Gasteiger partial charge in [-0.1, -0.05) is 84.0 Å². The van der Waals surface area contributed by atoms with Gasteiger partial charge in [-0.05, 0) is 64.6 Å². The Morgan fingerprint density at radius 1 is 0.627 bits per heavy atom. The highest BCUT2D eigenvalue weighted by atomic mass is 16.1. The number of aryl methyl sites for hydroxylation is 2. The summed E-state index contributed by atoms with van der Waals surface area (Å²) >= 11 is 0. The summed E-state index contributed by atoms with van der Waals surface area (Å²) < 4.78 is 7.45. The van der Waals surface area contributed by atoms with E-state index in [1.165, 1.54) is 0 Å². The molecule has 0 unspecified atom stereocenters. The van der Waals surface area contributed by atoms with Gasteiger partial charge in [0.2, 0.25) is 0 Å². The molecule has 0 bridgehead atoms. The lowest BCUT2D eigenvalue weighted by atomic mass is 9.87. The Kier molecular flexibility index (Phi) is 7.38. The van der Waals surface area contributed by atoms with Gasteiger partial charge in [-0.2, -0.15) is 10.2 Å². The van der Waals surface area contributed by atoms with Crippen LogP contribution in [0.3, 0.4) is 0 Å². The van der Waals surface area contributed by atoms with E-state index in [9.17, 15) is 9.59 Å². The zero-order valence-electron chi connectivity index (χ0n) is 30.7. The molecule has 0 radical (unpaired) electrons. The minimum Gasteiger partial charge on any atom is -0.308 e. The molecule has 3 aromatic carbocycles. The Morgan fingerprint density at radius 3 is 1.88 bits per heavy atom.